The van der Waals surface area contributed by atoms with Gasteiger partial charge in [0.2, 0.25) is 10.0 Å². The third-order valence-electron chi connectivity index (χ3n) is 5.54. The van der Waals surface area contributed by atoms with Crippen molar-refractivity contribution in [1.29, 1.82) is 0 Å². The molecule has 0 amide bonds. The van der Waals surface area contributed by atoms with Crippen molar-refractivity contribution in [3.63, 3.8) is 0 Å². The number of hydrogen-bond acceptors (Lipinski definition) is 5. The van der Waals surface area contributed by atoms with Crippen LogP contribution in [0.15, 0.2) is 41.6 Å². The van der Waals surface area contributed by atoms with Gasteiger partial charge in [-0.25, -0.2) is 18.4 Å². The van der Waals surface area contributed by atoms with E-state index >= 15 is 0 Å². The first kappa shape index (κ1) is 17.4. The number of rotatable bonds is 4. The van der Waals surface area contributed by atoms with Gasteiger partial charge in [-0.05, 0) is 42.9 Å². The maximum Gasteiger partial charge on any atom is 0.243 e. The molecule has 0 spiro atoms. The van der Waals surface area contributed by atoms with E-state index < -0.39 is 10.0 Å². The third-order valence-corrected chi connectivity index (χ3v) is 7.38. The Hall–Kier alpha value is -1.99. The minimum atomic E-state index is -3.41. The molecule has 2 unspecified atom stereocenters. The van der Waals surface area contributed by atoms with Crippen molar-refractivity contribution < 1.29 is 8.42 Å². The van der Waals surface area contributed by atoms with Crippen LogP contribution in [0.25, 0.3) is 0 Å². The minimum absolute atomic E-state index is 0.356. The molecule has 2 atom stereocenters. The number of hydrogen-bond donors (Lipinski definition) is 0. The molecular weight excluding hydrogens is 348 g/mol. The zero-order valence-electron chi connectivity index (χ0n) is 15.2. The van der Waals surface area contributed by atoms with Gasteiger partial charge in [-0.2, -0.15) is 4.31 Å². The number of fused-ring (bicyclic) bond motifs is 1. The first-order chi connectivity index (χ1) is 12.5. The summed E-state index contributed by atoms with van der Waals surface area (Å²) in [6.07, 6.45) is 2.50. The fraction of sp³-hybridized carbons (Fsp3) is 0.474. The molecule has 2 aliphatic rings. The van der Waals surface area contributed by atoms with Crippen LogP contribution in [0.1, 0.15) is 18.2 Å². The molecule has 2 saturated heterocycles. The van der Waals surface area contributed by atoms with Gasteiger partial charge in [-0.1, -0.05) is 19.1 Å². The van der Waals surface area contributed by atoms with Crippen molar-refractivity contribution in [2.24, 2.45) is 11.8 Å². The molecule has 6 nitrogen and oxygen atoms in total. The van der Waals surface area contributed by atoms with Crippen molar-refractivity contribution in [3.05, 3.63) is 47.9 Å². The summed E-state index contributed by atoms with van der Waals surface area (Å²) in [6.45, 7) is 6.90. The predicted molar refractivity (Wildman–Crippen MR) is 101 cm³/mol. The second-order valence-electron chi connectivity index (χ2n) is 7.26. The topological polar surface area (TPSA) is 66.4 Å². The molecule has 0 N–H and O–H groups in total. The molecule has 1 aromatic carbocycles. The van der Waals surface area contributed by atoms with Crippen LogP contribution in [0.3, 0.4) is 0 Å². The highest BCUT2D eigenvalue weighted by Crippen LogP contribution is 2.35. The van der Waals surface area contributed by atoms with Crippen molar-refractivity contribution in [3.8, 4) is 0 Å². The van der Waals surface area contributed by atoms with Gasteiger partial charge in [0, 0.05) is 37.9 Å². The lowest BCUT2D eigenvalue weighted by Crippen LogP contribution is -2.33. The van der Waals surface area contributed by atoms with Gasteiger partial charge in [0.15, 0.2) is 0 Å². The zero-order valence-corrected chi connectivity index (χ0v) is 16.0. The van der Waals surface area contributed by atoms with Crippen molar-refractivity contribution in [2.45, 2.75) is 25.2 Å². The SMILES string of the molecule is CCc1ccc(S(=O)(=O)N2CC3CN(c4cc(C)ncn4)CC3C2)cc1. The Bertz CT molecular complexity index is 884. The number of benzene rings is 1. The lowest BCUT2D eigenvalue weighted by Gasteiger charge is -2.22. The number of sulfonamides is 1. The lowest BCUT2D eigenvalue weighted by atomic mass is 10.0. The molecule has 138 valence electrons. The number of aryl methyl sites for hydroxylation is 2. The number of nitrogens with zero attached hydrogens (tertiary/aromatic N) is 4. The molecule has 2 fully saturated rings. The monoisotopic (exact) mass is 372 g/mol. The second kappa shape index (κ2) is 6.63. The first-order valence-electron chi connectivity index (χ1n) is 9.10. The van der Waals surface area contributed by atoms with E-state index in [1.54, 1.807) is 22.8 Å². The normalized spacial score (nSPS) is 23.4. The van der Waals surface area contributed by atoms with E-state index in [9.17, 15) is 8.42 Å². The molecule has 3 heterocycles. The van der Waals surface area contributed by atoms with Gasteiger partial charge in [0.1, 0.15) is 12.1 Å². The summed E-state index contributed by atoms with van der Waals surface area (Å²) in [6, 6.07) is 9.27. The molecular formula is C19H24N4O2S. The summed E-state index contributed by atoms with van der Waals surface area (Å²) in [4.78, 5) is 11.2. The van der Waals surface area contributed by atoms with E-state index in [-0.39, 0.29) is 0 Å². The van der Waals surface area contributed by atoms with Crippen LogP contribution in [-0.4, -0.2) is 48.9 Å². The molecule has 7 heteroatoms. The summed E-state index contributed by atoms with van der Waals surface area (Å²) in [5.74, 6) is 1.65. The molecule has 1 aromatic heterocycles. The highest BCUT2D eigenvalue weighted by molar-refractivity contribution is 7.89. The van der Waals surface area contributed by atoms with Crippen LogP contribution in [0, 0.1) is 18.8 Å². The van der Waals surface area contributed by atoms with Crippen LogP contribution in [0.4, 0.5) is 5.82 Å². The fourth-order valence-corrected chi connectivity index (χ4v) is 5.55. The molecule has 0 radical (unpaired) electrons. The van der Waals surface area contributed by atoms with Gasteiger partial charge >= 0.3 is 0 Å². The van der Waals surface area contributed by atoms with E-state index in [4.69, 9.17) is 0 Å². The molecule has 26 heavy (non-hydrogen) atoms. The quantitative estimate of drug-likeness (QED) is 0.822. The van der Waals surface area contributed by atoms with E-state index in [1.165, 1.54) is 0 Å². The van der Waals surface area contributed by atoms with Gasteiger partial charge in [0.05, 0.1) is 4.90 Å². The Balaban J connectivity index is 1.47. The third kappa shape index (κ3) is 3.10. The Morgan fingerprint density at radius 1 is 1.04 bits per heavy atom. The smallest absolute Gasteiger partial charge is 0.243 e. The molecule has 2 aliphatic heterocycles. The van der Waals surface area contributed by atoms with E-state index in [1.807, 2.05) is 25.1 Å². The highest BCUT2D eigenvalue weighted by Gasteiger charge is 2.44. The van der Waals surface area contributed by atoms with Gasteiger partial charge in [-0.15, -0.1) is 0 Å². The maximum atomic E-state index is 13.0. The van der Waals surface area contributed by atoms with E-state index in [0.29, 0.717) is 29.8 Å². The summed E-state index contributed by atoms with van der Waals surface area (Å²) in [7, 11) is -3.41. The van der Waals surface area contributed by atoms with Crippen molar-refractivity contribution >= 4 is 15.8 Å². The van der Waals surface area contributed by atoms with Crippen LogP contribution >= 0.6 is 0 Å². The second-order valence-corrected chi connectivity index (χ2v) is 9.20. The molecule has 2 aromatic rings. The zero-order chi connectivity index (χ0) is 18.3. The van der Waals surface area contributed by atoms with Gasteiger partial charge in [-0.3, -0.25) is 0 Å². The lowest BCUT2D eigenvalue weighted by molar-refractivity contribution is 0.453. The maximum absolute atomic E-state index is 13.0. The van der Waals surface area contributed by atoms with E-state index in [2.05, 4.69) is 21.8 Å². The Kier molecular flexibility index (Phi) is 4.44. The summed E-state index contributed by atoms with van der Waals surface area (Å²) >= 11 is 0. The fourth-order valence-electron chi connectivity index (χ4n) is 3.99. The number of anilines is 1. The summed E-state index contributed by atoms with van der Waals surface area (Å²) in [5.41, 5.74) is 2.10. The van der Waals surface area contributed by atoms with Crippen LogP contribution < -0.4 is 4.90 Å². The average Bonchev–Trinajstić information content (AvgIpc) is 3.21. The van der Waals surface area contributed by atoms with Crippen LogP contribution in [0.2, 0.25) is 0 Å². The predicted octanol–water partition coefficient (Wildman–Crippen LogP) is 2.10. The Labute approximate surface area is 154 Å². The van der Waals surface area contributed by atoms with Gasteiger partial charge < -0.3 is 4.90 Å². The standard InChI is InChI=1S/C19H24N4O2S/c1-3-15-4-6-18(7-5-15)26(24,25)23-11-16-9-22(10-17(16)12-23)19-8-14(2)20-13-21-19/h4-8,13,16-17H,3,9-12H2,1-2H3. The largest absolute Gasteiger partial charge is 0.356 e. The highest BCUT2D eigenvalue weighted by atomic mass is 32.2. The summed E-state index contributed by atoms with van der Waals surface area (Å²) in [5, 5.41) is 0. The average molecular weight is 372 g/mol. The number of aromatic nitrogens is 2. The summed E-state index contributed by atoms with van der Waals surface area (Å²) < 4.78 is 27.6. The first-order valence-corrected chi connectivity index (χ1v) is 10.5. The molecule has 0 bridgehead atoms. The van der Waals surface area contributed by atoms with Crippen LogP contribution in [0.5, 0.6) is 0 Å². The Morgan fingerprint density at radius 2 is 1.69 bits per heavy atom. The molecule has 4 rings (SSSR count). The van der Waals surface area contributed by atoms with E-state index in [0.717, 1.165) is 36.6 Å². The minimum Gasteiger partial charge on any atom is -0.356 e. The molecule has 0 saturated carbocycles. The van der Waals surface area contributed by atoms with Gasteiger partial charge in [0.25, 0.3) is 0 Å². The molecule has 0 aliphatic carbocycles. The Morgan fingerprint density at radius 3 is 2.27 bits per heavy atom. The van der Waals surface area contributed by atoms with Crippen LogP contribution in [-0.2, 0) is 16.4 Å². The van der Waals surface area contributed by atoms with Crippen molar-refractivity contribution in [1.82, 2.24) is 14.3 Å². The van der Waals surface area contributed by atoms with Crippen molar-refractivity contribution in [2.75, 3.05) is 31.1 Å².